The second-order valence-electron chi connectivity index (χ2n) is 3.93. The molecule has 0 saturated heterocycles. The quantitative estimate of drug-likeness (QED) is 0.475. The van der Waals surface area contributed by atoms with E-state index in [1.165, 1.54) is 25.5 Å². The number of oxime groups is 1. The van der Waals surface area contributed by atoms with Gasteiger partial charge in [-0.05, 0) is 24.3 Å². The van der Waals surface area contributed by atoms with Crippen LogP contribution in [-0.2, 0) is 4.84 Å². The number of hydrogen-bond acceptors (Lipinski definition) is 5. The Balaban J connectivity index is 2.37. The standard InChI is InChI=1S/C14H11ClN2O4/c1-20-16-9-10-6-7-14(12(8-10)17(18)19)21-13-5-3-2-4-11(13)15/h2-9H,1H3/b16-9+. The minimum Gasteiger partial charge on any atom is -0.449 e. The van der Waals surface area contributed by atoms with E-state index in [1.54, 1.807) is 30.3 Å². The summed E-state index contributed by atoms with van der Waals surface area (Å²) in [5.41, 5.74) is 0.338. The second kappa shape index (κ2) is 6.71. The van der Waals surface area contributed by atoms with Crippen molar-refractivity contribution in [2.45, 2.75) is 0 Å². The molecule has 0 fully saturated rings. The molecule has 2 aromatic carbocycles. The van der Waals surface area contributed by atoms with Gasteiger partial charge in [0.05, 0.1) is 16.2 Å². The molecule has 108 valence electrons. The van der Waals surface area contributed by atoms with Crippen LogP contribution < -0.4 is 4.74 Å². The fraction of sp³-hybridized carbons (Fsp3) is 0.0714. The Morgan fingerprint density at radius 3 is 2.67 bits per heavy atom. The molecule has 0 spiro atoms. The number of para-hydroxylation sites is 1. The third-order valence-corrected chi connectivity index (χ3v) is 2.86. The van der Waals surface area contributed by atoms with Crippen molar-refractivity contribution in [1.29, 1.82) is 0 Å². The molecule has 0 heterocycles. The van der Waals surface area contributed by atoms with Gasteiger partial charge in [0.25, 0.3) is 0 Å². The summed E-state index contributed by atoms with van der Waals surface area (Å²) < 4.78 is 5.51. The van der Waals surface area contributed by atoms with E-state index in [1.807, 2.05) is 0 Å². The second-order valence-corrected chi connectivity index (χ2v) is 4.34. The molecule has 0 N–H and O–H groups in total. The predicted octanol–water partition coefficient (Wildman–Crippen LogP) is 4.02. The van der Waals surface area contributed by atoms with Crippen molar-refractivity contribution in [2.75, 3.05) is 7.11 Å². The topological polar surface area (TPSA) is 74.0 Å². The Bertz CT molecular complexity index is 688. The van der Waals surface area contributed by atoms with Gasteiger partial charge in [-0.2, -0.15) is 0 Å². The maximum atomic E-state index is 11.1. The summed E-state index contributed by atoms with van der Waals surface area (Å²) in [5.74, 6) is 0.447. The van der Waals surface area contributed by atoms with Crippen LogP contribution in [0.5, 0.6) is 11.5 Å². The lowest BCUT2D eigenvalue weighted by Crippen LogP contribution is -1.95. The van der Waals surface area contributed by atoms with Gasteiger partial charge in [-0.3, -0.25) is 10.1 Å². The number of rotatable bonds is 5. The van der Waals surface area contributed by atoms with Crippen molar-refractivity contribution in [3.63, 3.8) is 0 Å². The molecule has 0 bridgehead atoms. The fourth-order valence-corrected chi connectivity index (χ4v) is 1.78. The highest BCUT2D eigenvalue weighted by Crippen LogP contribution is 2.34. The molecule has 0 aromatic heterocycles. The highest BCUT2D eigenvalue weighted by molar-refractivity contribution is 6.32. The van der Waals surface area contributed by atoms with E-state index >= 15 is 0 Å². The zero-order chi connectivity index (χ0) is 15.2. The minimum absolute atomic E-state index is 0.0997. The van der Waals surface area contributed by atoms with Gasteiger partial charge in [0.15, 0.2) is 0 Å². The van der Waals surface area contributed by atoms with E-state index in [2.05, 4.69) is 9.99 Å². The van der Waals surface area contributed by atoms with E-state index in [-0.39, 0.29) is 11.4 Å². The number of halogens is 1. The van der Waals surface area contributed by atoms with Crippen LogP contribution in [0.25, 0.3) is 0 Å². The Morgan fingerprint density at radius 2 is 2.00 bits per heavy atom. The van der Waals surface area contributed by atoms with Crippen LogP contribution in [0.2, 0.25) is 5.02 Å². The molecule has 7 heteroatoms. The van der Waals surface area contributed by atoms with Gasteiger partial charge >= 0.3 is 5.69 Å². The van der Waals surface area contributed by atoms with Crippen LogP contribution in [0.15, 0.2) is 47.6 Å². The van der Waals surface area contributed by atoms with Gasteiger partial charge < -0.3 is 9.57 Å². The molecule has 0 aliphatic carbocycles. The van der Waals surface area contributed by atoms with Crippen molar-refractivity contribution >= 4 is 23.5 Å². The van der Waals surface area contributed by atoms with Crippen LogP contribution >= 0.6 is 11.6 Å². The summed E-state index contributed by atoms with van der Waals surface area (Å²) in [6.45, 7) is 0. The molecule has 0 aliphatic rings. The van der Waals surface area contributed by atoms with Crippen molar-refractivity contribution in [3.8, 4) is 11.5 Å². The summed E-state index contributed by atoms with van der Waals surface area (Å²) in [6, 6.07) is 11.2. The Labute approximate surface area is 125 Å². The smallest absolute Gasteiger partial charge is 0.312 e. The molecule has 0 saturated carbocycles. The summed E-state index contributed by atoms with van der Waals surface area (Å²) in [7, 11) is 1.39. The van der Waals surface area contributed by atoms with E-state index < -0.39 is 4.92 Å². The first-order valence-corrected chi connectivity index (χ1v) is 6.27. The van der Waals surface area contributed by atoms with Gasteiger partial charge in [-0.1, -0.05) is 28.9 Å². The lowest BCUT2D eigenvalue weighted by atomic mass is 10.2. The Morgan fingerprint density at radius 1 is 1.24 bits per heavy atom. The van der Waals surface area contributed by atoms with Crippen molar-refractivity contribution in [3.05, 3.63) is 63.2 Å². The maximum absolute atomic E-state index is 11.1. The van der Waals surface area contributed by atoms with Crippen LogP contribution in [0.1, 0.15) is 5.56 Å². The molecule has 0 aliphatic heterocycles. The number of nitro benzene ring substituents is 1. The van der Waals surface area contributed by atoms with Gasteiger partial charge in [0.2, 0.25) is 5.75 Å². The number of nitrogens with zero attached hydrogens (tertiary/aromatic N) is 2. The lowest BCUT2D eigenvalue weighted by Gasteiger charge is -2.08. The highest BCUT2D eigenvalue weighted by Gasteiger charge is 2.17. The van der Waals surface area contributed by atoms with Gasteiger partial charge in [-0.25, -0.2) is 0 Å². The third kappa shape index (κ3) is 3.70. The molecule has 2 rings (SSSR count). The summed E-state index contributed by atoms with van der Waals surface area (Å²) in [5, 5.41) is 15.1. The zero-order valence-electron chi connectivity index (χ0n) is 11.0. The minimum atomic E-state index is -0.531. The monoisotopic (exact) mass is 306 g/mol. The molecule has 0 unspecified atom stereocenters. The normalized spacial score (nSPS) is 10.6. The molecule has 0 amide bonds. The largest absolute Gasteiger partial charge is 0.449 e. The van der Waals surface area contributed by atoms with E-state index in [0.29, 0.717) is 16.3 Å². The summed E-state index contributed by atoms with van der Waals surface area (Å²) >= 11 is 5.97. The molecule has 0 atom stereocenters. The van der Waals surface area contributed by atoms with Gasteiger partial charge in [-0.15, -0.1) is 0 Å². The lowest BCUT2D eigenvalue weighted by molar-refractivity contribution is -0.385. The third-order valence-electron chi connectivity index (χ3n) is 2.54. The van der Waals surface area contributed by atoms with Crippen molar-refractivity contribution < 1.29 is 14.5 Å². The first-order chi connectivity index (χ1) is 10.1. The fourth-order valence-electron chi connectivity index (χ4n) is 1.60. The number of nitro groups is 1. The van der Waals surface area contributed by atoms with Crippen molar-refractivity contribution in [2.24, 2.45) is 5.16 Å². The van der Waals surface area contributed by atoms with E-state index in [0.717, 1.165) is 0 Å². The number of benzene rings is 2. The van der Waals surface area contributed by atoms with E-state index in [9.17, 15) is 10.1 Å². The first kappa shape index (κ1) is 14.8. The predicted molar refractivity (Wildman–Crippen MR) is 79.2 cm³/mol. The zero-order valence-corrected chi connectivity index (χ0v) is 11.8. The number of hydrogen-bond donors (Lipinski definition) is 0. The maximum Gasteiger partial charge on any atom is 0.312 e. The highest BCUT2D eigenvalue weighted by atomic mass is 35.5. The van der Waals surface area contributed by atoms with Gasteiger partial charge in [0.1, 0.15) is 12.9 Å². The first-order valence-electron chi connectivity index (χ1n) is 5.89. The average molecular weight is 307 g/mol. The van der Waals surface area contributed by atoms with Crippen molar-refractivity contribution in [1.82, 2.24) is 0 Å². The Hall–Kier alpha value is -2.60. The summed E-state index contributed by atoms with van der Waals surface area (Å²) in [4.78, 5) is 15.1. The van der Waals surface area contributed by atoms with Crippen LogP contribution in [0, 0.1) is 10.1 Å². The average Bonchev–Trinajstić information content (AvgIpc) is 2.48. The van der Waals surface area contributed by atoms with Crippen LogP contribution in [0.4, 0.5) is 5.69 Å². The van der Waals surface area contributed by atoms with Crippen LogP contribution in [-0.4, -0.2) is 18.2 Å². The van der Waals surface area contributed by atoms with Gasteiger partial charge in [0, 0.05) is 11.6 Å². The van der Waals surface area contributed by atoms with Crippen LogP contribution in [0.3, 0.4) is 0 Å². The molecule has 6 nitrogen and oxygen atoms in total. The number of ether oxygens (including phenoxy) is 1. The molecule has 0 radical (unpaired) electrons. The molecular weight excluding hydrogens is 296 g/mol. The SMILES string of the molecule is CO/N=C/c1ccc(Oc2ccccc2Cl)c([N+](=O)[O-])c1. The molecular formula is C14H11ClN2O4. The Kier molecular flexibility index (Phi) is 4.73. The molecule has 2 aromatic rings. The molecule has 21 heavy (non-hydrogen) atoms. The summed E-state index contributed by atoms with van der Waals surface area (Å²) in [6.07, 6.45) is 1.37. The van der Waals surface area contributed by atoms with E-state index in [4.69, 9.17) is 16.3 Å².